The van der Waals surface area contributed by atoms with Crippen LogP contribution in [0, 0.1) is 5.92 Å². The maximum absolute atomic E-state index is 12.1. The van der Waals surface area contributed by atoms with Crippen LogP contribution in [0.4, 0.5) is 18.0 Å². The van der Waals surface area contributed by atoms with Crippen molar-refractivity contribution in [3.8, 4) is 0 Å². The van der Waals surface area contributed by atoms with Crippen molar-refractivity contribution >= 4 is 6.03 Å². The average Bonchev–Trinajstić information content (AvgIpc) is 1.89. The molecule has 2 amide bonds. The molecule has 6 heteroatoms. The van der Waals surface area contributed by atoms with Crippen LogP contribution in [-0.4, -0.2) is 36.2 Å². The Morgan fingerprint density at radius 3 is 2.27 bits per heavy atom. The minimum Gasteiger partial charge on any atom is -0.335 e. The summed E-state index contributed by atoms with van der Waals surface area (Å²) >= 11 is 0. The molecule has 0 atom stereocenters. The van der Waals surface area contributed by atoms with Crippen molar-refractivity contribution in [1.29, 1.82) is 0 Å². The van der Waals surface area contributed by atoms with Crippen LogP contribution in [0.5, 0.6) is 0 Å². The summed E-state index contributed by atoms with van der Waals surface area (Å²) in [5.74, 6) is -1.22. The van der Waals surface area contributed by atoms with Crippen LogP contribution in [-0.2, 0) is 0 Å². The Balaban J connectivity index is 1.69. The number of nitrogens with one attached hydrogen (secondary N) is 1. The van der Waals surface area contributed by atoms with Gasteiger partial charge in [0.1, 0.15) is 0 Å². The third-order valence-corrected chi connectivity index (χ3v) is 3.07. The molecule has 0 aromatic rings. The van der Waals surface area contributed by atoms with E-state index in [0.29, 0.717) is 0 Å². The molecule has 1 N–H and O–H groups in total. The van der Waals surface area contributed by atoms with Gasteiger partial charge in [0.25, 0.3) is 0 Å². The number of amides is 2. The van der Waals surface area contributed by atoms with Gasteiger partial charge in [0, 0.05) is 19.1 Å². The van der Waals surface area contributed by atoms with Gasteiger partial charge in [0.15, 0.2) is 0 Å². The van der Waals surface area contributed by atoms with Crippen molar-refractivity contribution in [1.82, 2.24) is 10.2 Å². The van der Waals surface area contributed by atoms with Gasteiger partial charge < -0.3 is 10.2 Å². The molecule has 0 radical (unpaired) electrons. The van der Waals surface area contributed by atoms with Crippen molar-refractivity contribution in [3.63, 3.8) is 0 Å². The molecule has 0 aromatic carbocycles. The van der Waals surface area contributed by atoms with Gasteiger partial charge in [-0.05, 0) is 19.3 Å². The number of alkyl halides is 3. The second kappa shape index (κ2) is 3.57. The molecule has 1 saturated heterocycles. The van der Waals surface area contributed by atoms with Gasteiger partial charge >= 0.3 is 12.2 Å². The summed E-state index contributed by atoms with van der Waals surface area (Å²) < 4.78 is 36.4. The van der Waals surface area contributed by atoms with Crippen LogP contribution in [0.15, 0.2) is 0 Å². The summed E-state index contributed by atoms with van der Waals surface area (Å²) in [6.45, 7) is 1.45. The quantitative estimate of drug-likeness (QED) is 0.720. The number of urea groups is 1. The van der Waals surface area contributed by atoms with E-state index < -0.39 is 12.1 Å². The van der Waals surface area contributed by atoms with Gasteiger partial charge in [-0.3, -0.25) is 0 Å². The summed E-state index contributed by atoms with van der Waals surface area (Å²) in [6.07, 6.45) is -3.05. The second-order valence-corrected chi connectivity index (χ2v) is 4.20. The minimum absolute atomic E-state index is 0.0308. The largest absolute Gasteiger partial charge is 0.391 e. The topological polar surface area (TPSA) is 32.3 Å². The highest BCUT2D eigenvalue weighted by atomic mass is 19.4. The first-order valence-electron chi connectivity index (χ1n) is 5.09. The molecule has 2 aliphatic rings. The molecule has 2 rings (SSSR count). The van der Waals surface area contributed by atoms with E-state index in [1.165, 1.54) is 0 Å². The Kier molecular flexibility index (Phi) is 2.52. The first-order valence-corrected chi connectivity index (χ1v) is 5.09. The highest BCUT2D eigenvalue weighted by Crippen LogP contribution is 2.41. The van der Waals surface area contributed by atoms with E-state index in [1.54, 1.807) is 4.90 Å². The Labute approximate surface area is 85.6 Å². The number of hydrogen-bond donors (Lipinski definition) is 1. The number of carbonyl (C=O) groups is 1. The first-order chi connectivity index (χ1) is 6.97. The maximum Gasteiger partial charge on any atom is 0.391 e. The fourth-order valence-electron chi connectivity index (χ4n) is 1.79. The zero-order chi connectivity index (χ0) is 11.1. The number of rotatable bonds is 1. The molecule has 0 spiro atoms. The van der Waals surface area contributed by atoms with Crippen LogP contribution in [0.1, 0.15) is 19.3 Å². The van der Waals surface area contributed by atoms with Gasteiger partial charge in [-0.1, -0.05) is 0 Å². The summed E-state index contributed by atoms with van der Waals surface area (Å²) in [5, 5.41) is 2.61. The summed E-state index contributed by atoms with van der Waals surface area (Å²) in [7, 11) is 0. The van der Waals surface area contributed by atoms with Crippen molar-refractivity contribution in [2.75, 3.05) is 13.1 Å². The van der Waals surface area contributed by atoms with Crippen LogP contribution >= 0.6 is 0 Å². The predicted molar refractivity (Wildman–Crippen MR) is 47.3 cm³/mol. The second-order valence-electron chi connectivity index (χ2n) is 4.20. The molecule has 1 heterocycles. The minimum atomic E-state index is -4.10. The smallest absolute Gasteiger partial charge is 0.335 e. The van der Waals surface area contributed by atoms with E-state index in [4.69, 9.17) is 0 Å². The molecule has 15 heavy (non-hydrogen) atoms. The lowest BCUT2D eigenvalue weighted by atomic mass is 9.80. The van der Waals surface area contributed by atoms with Crippen LogP contribution in [0.25, 0.3) is 0 Å². The standard InChI is InChI=1S/C9H13F3N2O/c10-9(11,12)6-4-7(5-6)13-8(15)14-2-1-3-14/h6-7H,1-5H2,(H,13,15). The number of likely N-dealkylation sites (tertiary alicyclic amines) is 1. The van der Waals surface area contributed by atoms with E-state index in [2.05, 4.69) is 5.32 Å². The van der Waals surface area contributed by atoms with Crippen LogP contribution < -0.4 is 5.32 Å². The van der Waals surface area contributed by atoms with Gasteiger partial charge in [-0.15, -0.1) is 0 Å². The molecular formula is C9H13F3N2O. The van der Waals surface area contributed by atoms with E-state index in [-0.39, 0.29) is 24.9 Å². The van der Waals surface area contributed by atoms with E-state index in [9.17, 15) is 18.0 Å². The molecule has 0 aromatic heterocycles. The third-order valence-electron chi connectivity index (χ3n) is 3.07. The third kappa shape index (κ3) is 2.18. The number of carbonyl (C=O) groups excluding carboxylic acids is 1. The monoisotopic (exact) mass is 222 g/mol. The van der Waals surface area contributed by atoms with Gasteiger partial charge in [-0.25, -0.2) is 4.79 Å². The molecule has 3 nitrogen and oxygen atoms in total. The fraction of sp³-hybridized carbons (Fsp3) is 0.889. The lowest BCUT2D eigenvalue weighted by molar-refractivity contribution is -0.198. The van der Waals surface area contributed by atoms with Crippen LogP contribution in [0.3, 0.4) is 0 Å². The van der Waals surface area contributed by atoms with E-state index in [0.717, 1.165) is 19.5 Å². The van der Waals surface area contributed by atoms with E-state index >= 15 is 0 Å². The Bertz CT molecular complexity index is 257. The Morgan fingerprint density at radius 1 is 1.27 bits per heavy atom. The maximum atomic E-state index is 12.1. The normalized spacial score (nSPS) is 30.5. The number of halogens is 3. The lowest BCUT2D eigenvalue weighted by Crippen LogP contribution is -2.55. The van der Waals surface area contributed by atoms with Gasteiger partial charge in [-0.2, -0.15) is 13.2 Å². The molecular weight excluding hydrogens is 209 g/mol. The molecule has 0 bridgehead atoms. The lowest BCUT2D eigenvalue weighted by Gasteiger charge is -2.39. The van der Waals surface area contributed by atoms with Crippen molar-refractivity contribution in [2.45, 2.75) is 31.5 Å². The Morgan fingerprint density at radius 2 is 1.87 bits per heavy atom. The zero-order valence-electron chi connectivity index (χ0n) is 8.18. The molecule has 0 unspecified atom stereocenters. The highest BCUT2D eigenvalue weighted by Gasteiger charge is 2.48. The molecule has 1 saturated carbocycles. The predicted octanol–water partition coefficient (Wildman–Crippen LogP) is 1.74. The van der Waals surface area contributed by atoms with Crippen LogP contribution in [0.2, 0.25) is 0 Å². The molecule has 86 valence electrons. The SMILES string of the molecule is O=C(NC1CC(C(F)(F)F)C1)N1CCC1. The highest BCUT2D eigenvalue weighted by molar-refractivity contribution is 5.75. The van der Waals surface area contributed by atoms with E-state index in [1.807, 2.05) is 0 Å². The van der Waals surface area contributed by atoms with Gasteiger partial charge in [0.2, 0.25) is 0 Å². The van der Waals surface area contributed by atoms with Crippen molar-refractivity contribution < 1.29 is 18.0 Å². The first kappa shape index (κ1) is 10.6. The fourth-order valence-corrected chi connectivity index (χ4v) is 1.79. The zero-order valence-corrected chi connectivity index (χ0v) is 8.18. The Hall–Kier alpha value is -0.940. The molecule has 1 aliphatic carbocycles. The summed E-state index contributed by atoms with van der Waals surface area (Å²) in [5.41, 5.74) is 0. The van der Waals surface area contributed by atoms with Gasteiger partial charge in [0.05, 0.1) is 5.92 Å². The van der Waals surface area contributed by atoms with Crippen molar-refractivity contribution in [2.24, 2.45) is 5.92 Å². The summed E-state index contributed by atoms with van der Waals surface area (Å²) in [4.78, 5) is 12.9. The molecule has 1 aliphatic heterocycles. The average molecular weight is 222 g/mol. The number of hydrogen-bond acceptors (Lipinski definition) is 1. The number of nitrogens with zero attached hydrogens (tertiary/aromatic N) is 1. The molecule has 2 fully saturated rings. The summed E-state index contributed by atoms with van der Waals surface area (Å²) in [6, 6.07) is -0.503. The van der Waals surface area contributed by atoms with Crippen molar-refractivity contribution in [3.05, 3.63) is 0 Å².